The lowest BCUT2D eigenvalue weighted by Gasteiger charge is -2.00. The molecule has 2 aromatic rings. The Balaban J connectivity index is 2.02. The lowest BCUT2D eigenvalue weighted by Crippen LogP contribution is -1.97. The van der Waals surface area contributed by atoms with Crippen LogP contribution in [0.1, 0.15) is 52.4 Å². The highest BCUT2D eigenvalue weighted by molar-refractivity contribution is 5.96. The van der Waals surface area contributed by atoms with E-state index in [2.05, 4.69) is 12.1 Å². The number of carboxylic acid groups (broad SMARTS) is 1. The van der Waals surface area contributed by atoms with Crippen molar-refractivity contribution in [2.45, 2.75) is 38.0 Å². The molecule has 3 nitrogen and oxygen atoms in total. The van der Waals surface area contributed by atoms with Crippen molar-refractivity contribution in [3.05, 3.63) is 34.6 Å². The Kier molecular flexibility index (Phi) is 1.91. The number of benzene rings is 1. The van der Waals surface area contributed by atoms with Crippen LogP contribution in [-0.4, -0.2) is 11.1 Å². The minimum atomic E-state index is -0.937. The molecule has 0 amide bonds. The zero-order chi connectivity index (χ0) is 12.3. The standard InChI is InChI=1S/C15H14O3/c16-15(17)14-13(8-4-5-8)11-6-9-2-1-3-10(9)7-12(11)18-14/h6-8H,1-5H2,(H,16,17). The van der Waals surface area contributed by atoms with Gasteiger partial charge in [-0.2, -0.15) is 0 Å². The number of carbonyl (C=O) groups is 1. The van der Waals surface area contributed by atoms with Crippen molar-refractivity contribution >= 4 is 16.9 Å². The fraction of sp³-hybridized carbons (Fsp3) is 0.400. The van der Waals surface area contributed by atoms with Gasteiger partial charge >= 0.3 is 5.97 Å². The van der Waals surface area contributed by atoms with E-state index in [0.717, 1.165) is 42.2 Å². The van der Waals surface area contributed by atoms with Gasteiger partial charge in [0, 0.05) is 10.9 Å². The molecule has 1 N–H and O–H groups in total. The van der Waals surface area contributed by atoms with Gasteiger partial charge in [0.2, 0.25) is 5.76 Å². The Bertz CT molecular complexity index is 662. The van der Waals surface area contributed by atoms with Crippen molar-refractivity contribution < 1.29 is 14.3 Å². The predicted octanol–water partition coefficient (Wildman–Crippen LogP) is 3.50. The summed E-state index contributed by atoms with van der Waals surface area (Å²) < 4.78 is 5.59. The van der Waals surface area contributed by atoms with Crippen LogP contribution >= 0.6 is 0 Å². The summed E-state index contributed by atoms with van der Waals surface area (Å²) in [6.07, 6.45) is 5.58. The number of furan rings is 1. The van der Waals surface area contributed by atoms with E-state index in [-0.39, 0.29) is 5.76 Å². The van der Waals surface area contributed by atoms with E-state index in [9.17, 15) is 9.90 Å². The zero-order valence-corrected chi connectivity index (χ0v) is 10.0. The van der Waals surface area contributed by atoms with Crippen LogP contribution in [0.2, 0.25) is 0 Å². The number of fused-ring (bicyclic) bond motifs is 2. The summed E-state index contributed by atoms with van der Waals surface area (Å²) in [4.78, 5) is 11.3. The lowest BCUT2D eigenvalue weighted by atomic mass is 10.0. The average molecular weight is 242 g/mol. The molecule has 1 aromatic carbocycles. The molecule has 0 bridgehead atoms. The lowest BCUT2D eigenvalue weighted by molar-refractivity contribution is 0.0663. The van der Waals surface area contributed by atoms with Gasteiger partial charge in [-0.15, -0.1) is 0 Å². The quantitative estimate of drug-likeness (QED) is 0.876. The van der Waals surface area contributed by atoms with Crippen molar-refractivity contribution in [3.8, 4) is 0 Å². The molecule has 0 unspecified atom stereocenters. The van der Waals surface area contributed by atoms with Gasteiger partial charge in [-0.1, -0.05) is 0 Å². The SMILES string of the molecule is O=C(O)c1oc2cc3c(cc2c1C1CC1)CCC3. The van der Waals surface area contributed by atoms with E-state index in [4.69, 9.17) is 4.42 Å². The fourth-order valence-corrected chi connectivity index (χ4v) is 3.12. The summed E-state index contributed by atoms with van der Waals surface area (Å²) in [5.41, 5.74) is 4.40. The molecule has 1 heterocycles. The van der Waals surface area contributed by atoms with Gasteiger partial charge in [-0.3, -0.25) is 0 Å². The first-order chi connectivity index (χ1) is 8.74. The molecule has 3 heteroatoms. The van der Waals surface area contributed by atoms with Crippen molar-refractivity contribution in [1.82, 2.24) is 0 Å². The first kappa shape index (κ1) is 10.2. The van der Waals surface area contributed by atoms with E-state index in [1.54, 1.807) is 0 Å². The third-order valence-corrected chi connectivity index (χ3v) is 4.12. The summed E-state index contributed by atoms with van der Waals surface area (Å²) in [6, 6.07) is 4.22. The van der Waals surface area contributed by atoms with Crippen LogP contribution in [0.25, 0.3) is 11.0 Å². The fourth-order valence-electron chi connectivity index (χ4n) is 3.12. The Labute approximate surface area is 104 Å². The van der Waals surface area contributed by atoms with E-state index in [1.165, 1.54) is 17.5 Å². The third kappa shape index (κ3) is 1.33. The van der Waals surface area contributed by atoms with Gasteiger partial charge in [-0.25, -0.2) is 4.79 Å². The van der Waals surface area contributed by atoms with Crippen molar-refractivity contribution in [1.29, 1.82) is 0 Å². The number of aromatic carboxylic acids is 1. The Morgan fingerprint density at radius 1 is 1.22 bits per heavy atom. The molecular formula is C15H14O3. The van der Waals surface area contributed by atoms with Crippen molar-refractivity contribution in [2.75, 3.05) is 0 Å². The second-order valence-electron chi connectivity index (χ2n) is 5.39. The summed E-state index contributed by atoms with van der Waals surface area (Å²) in [7, 11) is 0. The molecule has 0 aliphatic heterocycles. The van der Waals surface area contributed by atoms with Crippen LogP contribution < -0.4 is 0 Å². The molecule has 1 saturated carbocycles. The highest BCUT2D eigenvalue weighted by Gasteiger charge is 2.33. The molecule has 0 radical (unpaired) electrons. The Morgan fingerprint density at radius 3 is 2.61 bits per heavy atom. The number of hydrogen-bond acceptors (Lipinski definition) is 2. The Morgan fingerprint density at radius 2 is 1.94 bits per heavy atom. The molecule has 18 heavy (non-hydrogen) atoms. The summed E-state index contributed by atoms with van der Waals surface area (Å²) in [5.74, 6) is -0.374. The number of rotatable bonds is 2. The maximum Gasteiger partial charge on any atom is 0.372 e. The van der Waals surface area contributed by atoms with Crippen LogP contribution in [0, 0.1) is 0 Å². The molecule has 0 spiro atoms. The van der Waals surface area contributed by atoms with Crippen molar-refractivity contribution in [2.24, 2.45) is 0 Å². The van der Waals surface area contributed by atoms with E-state index in [1.807, 2.05) is 0 Å². The largest absolute Gasteiger partial charge is 0.475 e. The monoisotopic (exact) mass is 242 g/mol. The summed E-state index contributed by atoms with van der Waals surface area (Å²) >= 11 is 0. The Hall–Kier alpha value is -1.77. The predicted molar refractivity (Wildman–Crippen MR) is 67.2 cm³/mol. The van der Waals surface area contributed by atoms with Crippen LogP contribution in [0.15, 0.2) is 16.5 Å². The van der Waals surface area contributed by atoms with Crippen LogP contribution in [0.5, 0.6) is 0 Å². The van der Waals surface area contributed by atoms with E-state index < -0.39 is 5.97 Å². The van der Waals surface area contributed by atoms with Crippen LogP contribution in [-0.2, 0) is 12.8 Å². The maximum absolute atomic E-state index is 11.3. The van der Waals surface area contributed by atoms with Crippen LogP contribution in [0.4, 0.5) is 0 Å². The zero-order valence-electron chi connectivity index (χ0n) is 10.0. The van der Waals surface area contributed by atoms with E-state index in [0.29, 0.717) is 5.92 Å². The second kappa shape index (κ2) is 3.37. The highest BCUT2D eigenvalue weighted by atomic mass is 16.4. The molecule has 1 aromatic heterocycles. The molecule has 2 aliphatic rings. The first-order valence-corrected chi connectivity index (χ1v) is 6.55. The normalized spacial score (nSPS) is 18.2. The molecule has 92 valence electrons. The van der Waals surface area contributed by atoms with Gasteiger partial charge in [0.25, 0.3) is 0 Å². The average Bonchev–Trinajstić information content (AvgIpc) is 2.96. The molecule has 2 aliphatic carbocycles. The topological polar surface area (TPSA) is 50.4 Å². The minimum absolute atomic E-state index is 0.163. The van der Waals surface area contributed by atoms with Gasteiger partial charge < -0.3 is 9.52 Å². The third-order valence-electron chi connectivity index (χ3n) is 4.12. The van der Waals surface area contributed by atoms with Crippen molar-refractivity contribution in [3.63, 3.8) is 0 Å². The second-order valence-corrected chi connectivity index (χ2v) is 5.39. The van der Waals surface area contributed by atoms with Gasteiger partial charge in [0.05, 0.1) is 0 Å². The number of carboxylic acids is 1. The summed E-state index contributed by atoms with van der Waals surface area (Å²) in [5, 5.41) is 10.3. The smallest absolute Gasteiger partial charge is 0.372 e. The molecule has 0 saturated heterocycles. The maximum atomic E-state index is 11.3. The van der Waals surface area contributed by atoms with Gasteiger partial charge in [0.1, 0.15) is 5.58 Å². The molecule has 4 rings (SSSR count). The molecule has 1 fully saturated rings. The summed E-state index contributed by atoms with van der Waals surface area (Å²) in [6.45, 7) is 0. The number of aryl methyl sites for hydroxylation is 2. The first-order valence-electron chi connectivity index (χ1n) is 6.55. The molecular weight excluding hydrogens is 228 g/mol. The minimum Gasteiger partial charge on any atom is -0.475 e. The van der Waals surface area contributed by atoms with Gasteiger partial charge in [-0.05, 0) is 61.3 Å². The van der Waals surface area contributed by atoms with Crippen LogP contribution in [0.3, 0.4) is 0 Å². The number of hydrogen-bond donors (Lipinski definition) is 1. The highest BCUT2D eigenvalue weighted by Crippen LogP contribution is 2.47. The van der Waals surface area contributed by atoms with Gasteiger partial charge in [0.15, 0.2) is 0 Å². The van der Waals surface area contributed by atoms with E-state index >= 15 is 0 Å². The molecule has 0 atom stereocenters.